The van der Waals surface area contributed by atoms with Crippen LogP contribution in [-0.2, 0) is 0 Å². The van der Waals surface area contributed by atoms with E-state index in [0.29, 0.717) is 0 Å². The third kappa shape index (κ3) is 7.47. The highest BCUT2D eigenvalue weighted by Crippen LogP contribution is 2.07. The Kier molecular flexibility index (Phi) is 9.25. The molecular formula is C10H21NS2. The molecule has 0 heterocycles. The van der Waals surface area contributed by atoms with Gasteiger partial charge in [0.2, 0.25) is 0 Å². The van der Waals surface area contributed by atoms with Crippen LogP contribution in [0.25, 0.3) is 0 Å². The topological polar surface area (TPSA) is 3.24 Å². The molecule has 3 heteroatoms. The summed E-state index contributed by atoms with van der Waals surface area (Å²) >= 11 is 6.13. The van der Waals surface area contributed by atoms with Gasteiger partial charge in [-0.3, -0.25) is 0 Å². The molecule has 0 saturated heterocycles. The lowest BCUT2D eigenvalue weighted by Crippen LogP contribution is -2.25. The van der Waals surface area contributed by atoms with E-state index in [0.717, 1.165) is 24.6 Å². The van der Waals surface area contributed by atoms with Crippen LogP contribution in [0.1, 0.15) is 13.8 Å². The van der Waals surface area contributed by atoms with Crippen molar-refractivity contribution >= 4 is 24.4 Å². The maximum absolute atomic E-state index is 4.17. The minimum Gasteiger partial charge on any atom is -0.303 e. The first-order valence-electron chi connectivity index (χ1n) is 4.82. The van der Waals surface area contributed by atoms with E-state index >= 15 is 0 Å². The Balaban J connectivity index is 3.28. The van der Waals surface area contributed by atoms with E-state index in [1.165, 1.54) is 17.9 Å². The van der Waals surface area contributed by atoms with E-state index in [1.807, 2.05) is 11.8 Å². The van der Waals surface area contributed by atoms with Crippen LogP contribution in [0.4, 0.5) is 0 Å². The Bertz CT molecular complexity index is 133. The maximum Gasteiger partial charge on any atom is 0.0149 e. The van der Waals surface area contributed by atoms with Gasteiger partial charge in [0.05, 0.1) is 0 Å². The first kappa shape index (κ1) is 13.4. The summed E-state index contributed by atoms with van der Waals surface area (Å²) < 4.78 is 0. The molecular weight excluding hydrogens is 198 g/mol. The monoisotopic (exact) mass is 219 g/mol. The van der Waals surface area contributed by atoms with Crippen molar-refractivity contribution in [3.63, 3.8) is 0 Å². The second-order valence-electron chi connectivity index (χ2n) is 2.99. The predicted octanol–water partition coefficient (Wildman–Crippen LogP) is 2.55. The summed E-state index contributed by atoms with van der Waals surface area (Å²) in [6.45, 7) is 11.8. The van der Waals surface area contributed by atoms with E-state index in [2.05, 4.69) is 38.0 Å². The van der Waals surface area contributed by atoms with Crippen LogP contribution < -0.4 is 0 Å². The summed E-state index contributed by atoms with van der Waals surface area (Å²) in [6.07, 6.45) is 0. The molecule has 0 spiro atoms. The quantitative estimate of drug-likeness (QED) is 0.380. The van der Waals surface area contributed by atoms with Crippen molar-refractivity contribution in [2.75, 3.05) is 36.9 Å². The second-order valence-corrected chi connectivity index (χ2v) is 4.41. The zero-order valence-corrected chi connectivity index (χ0v) is 10.5. The molecule has 0 aliphatic heterocycles. The van der Waals surface area contributed by atoms with Crippen molar-refractivity contribution in [1.29, 1.82) is 0 Å². The zero-order chi connectivity index (χ0) is 10.1. The highest BCUT2D eigenvalue weighted by Gasteiger charge is 1.98. The molecule has 78 valence electrons. The number of hydrogen-bond donors (Lipinski definition) is 1. The molecule has 0 amide bonds. The lowest BCUT2D eigenvalue weighted by Gasteiger charge is -2.17. The molecule has 0 rings (SSSR count). The summed E-state index contributed by atoms with van der Waals surface area (Å²) in [5.74, 6) is 3.08. The highest BCUT2D eigenvalue weighted by atomic mass is 32.2. The molecule has 0 aromatic carbocycles. The van der Waals surface area contributed by atoms with E-state index in [1.54, 1.807) is 0 Å². The molecule has 0 unspecified atom stereocenters. The standard InChI is InChI=1S/C10H21NS2/c1-4-11(5-2)6-7-13-9-10(3)8-12/h12H,3-9H2,1-2H3. The molecule has 0 aliphatic carbocycles. The molecule has 0 fully saturated rings. The smallest absolute Gasteiger partial charge is 0.0149 e. The Hall–Kier alpha value is 0.400. The number of hydrogen-bond acceptors (Lipinski definition) is 3. The third-order valence-corrected chi connectivity index (χ3v) is 3.51. The fourth-order valence-corrected chi connectivity index (χ4v) is 2.18. The van der Waals surface area contributed by atoms with Crippen molar-refractivity contribution in [3.8, 4) is 0 Å². The molecule has 13 heavy (non-hydrogen) atoms. The lowest BCUT2D eigenvalue weighted by molar-refractivity contribution is 0.324. The average Bonchev–Trinajstić information content (AvgIpc) is 2.18. The number of thiol groups is 1. The third-order valence-electron chi connectivity index (χ3n) is 1.98. The van der Waals surface area contributed by atoms with Gasteiger partial charge in [0, 0.05) is 23.8 Å². The van der Waals surface area contributed by atoms with Gasteiger partial charge in [-0.2, -0.15) is 24.4 Å². The zero-order valence-electron chi connectivity index (χ0n) is 8.75. The van der Waals surface area contributed by atoms with Gasteiger partial charge >= 0.3 is 0 Å². The van der Waals surface area contributed by atoms with E-state index in [9.17, 15) is 0 Å². The Morgan fingerprint density at radius 2 is 2.00 bits per heavy atom. The van der Waals surface area contributed by atoms with Crippen molar-refractivity contribution < 1.29 is 0 Å². The predicted molar refractivity (Wildman–Crippen MR) is 68.1 cm³/mol. The van der Waals surface area contributed by atoms with Gasteiger partial charge in [0.25, 0.3) is 0 Å². The minimum atomic E-state index is 0.818. The Morgan fingerprint density at radius 1 is 1.38 bits per heavy atom. The van der Waals surface area contributed by atoms with Gasteiger partial charge < -0.3 is 4.90 Å². The minimum absolute atomic E-state index is 0.818. The molecule has 0 atom stereocenters. The van der Waals surface area contributed by atoms with Crippen LogP contribution in [0.2, 0.25) is 0 Å². The van der Waals surface area contributed by atoms with Crippen molar-refractivity contribution in [3.05, 3.63) is 12.2 Å². The number of rotatable bonds is 8. The Labute approximate surface area is 92.4 Å². The summed E-state index contributed by atoms with van der Waals surface area (Å²) in [4.78, 5) is 2.44. The first-order chi connectivity index (χ1) is 6.24. The SMILES string of the molecule is C=C(CS)CSCCN(CC)CC. The van der Waals surface area contributed by atoms with Gasteiger partial charge in [0.1, 0.15) is 0 Å². The summed E-state index contributed by atoms with van der Waals surface area (Å²) in [6, 6.07) is 0. The number of thioether (sulfide) groups is 1. The highest BCUT2D eigenvalue weighted by molar-refractivity contribution is 7.99. The van der Waals surface area contributed by atoms with Gasteiger partial charge in [-0.25, -0.2) is 0 Å². The van der Waals surface area contributed by atoms with Crippen LogP contribution in [0.3, 0.4) is 0 Å². The van der Waals surface area contributed by atoms with E-state index in [-0.39, 0.29) is 0 Å². The molecule has 0 bridgehead atoms. The average molecular weight is 219 g/mol. The van der Waals surface area contributed by atoms with E-state index < -0.39 is 0 Å². The normalized spacial score (nSPS) is 10.8. The van der Waals surface area contributed by atoms with Gasteiger partial charge in [0.15, 0.2) is 0 Å². The van der Waals surface area contributed by atoms with Crippen LogP contribution in [-0.4, -0.2) is 41.8 Å². The maximum atomic E-state index is 4.17. The molecule has 0 saturated carbocycles. The van der Waals surface area contributed by atoms with Crippen LogP contribution in [0.15, 0.2) is 12.2 Å². The number of nitrogens with zero attached hydrogens (tertiary/aromatic N) is 1. The molecule has 0 N–H and O–H groups in total. The van der Waals surface area contributed by atoms with Crippen LogP contribution >= 0.6 is 24.4 Å². The van der Waals surface area contributed by atoms with Crippen LogP contribution in [0, 0.1) is 0 Å². The summed E-state index contributed by atoms with van der Waals surface area (Å²) in [5.41, 5.74) is 1.23. The van der Waals surface area contributed by atoms with E-state index in [4.69, 9.17) is 0 Å². The van der Waals surface area contributed by atoms with Gasteiger partial charge in [-0.05, 0) is 13.1 Å². The molecule has 0 aliphatic rings. The molecule has 0 aromatic rings. The van der Waals surface area contributed by atoms with Gasteiger partial charge in [-0.1, -0.05) is 26.0 Å². The molecule has 0 aromatic heterocycles. The second kappa shape index (κ2) is 8.97. The largest absolute Gasteiger partial charge is 0.303 e. The molecule has 0 radical (unpaired) electrons. The van der Waals surface area contributed by atoms with Crippen molar-refractivity contribution in [1.82, 2.24) is 4.90 Å². The van der Waals surface area contributed by atoms with Crippen LogP contribution in [0.5, 0.6) is 0 Å². The van der Waals surface area contributed by atoms with Gasteiger partial charge in [-0.15, -0.1) is 0 Å². The van der Waals surface area contributed by atoms with Crippen molar-refractivity contribution in [2.45, 2.75) is 13.8 Å². The summed E-state index contributed by atoms with van der Waals surface area (Å²) in [5, 5.41) is 0. The fraction of sp³-hybridized carbons (Fsp3) is 0.800. The summed E-state index contributed by atoms with van der Waals surface area (Å²) in [7, 11) is 0. The fourth-order valence-electron chi connectivity index (χ4n) is 0.996. The first-order valence-corrected chi connectivity index (χ1v) is 6.60. The lowest BCUT2D eigenvalue weighted by atomic mass is 10.4. The molecule has 1 nitrogen and oxygen atoms in total. The Morgan fingerprint density at radius 3 is 2.46 bits per heavy atom. The van der Waals surface area contributed by atoms with Crippen molar-refractivity contribution in [2.24, 2.45) is 0 Å².